The summed E-state index contributed by atoms with van der Waals surface area (Å²) in [5, 5.41) is 0. The Kier molecular flexibility index (Phi) is 2.26. The van der Waals surface area contributed by atoms with Gasteiger partial charge in [0.05, 0.1) is 0 Å². The van der Waals surface area contributed by atoms with Gasteiger partial charge in [0.25, 0.3) is 0 Å². The number of hydrogen-bond donors (Lipinski definition) is 0. The van der Waals surface area contributed by atoms with Crippen molar-refractivity contribution < 1.29 is 9.53 Å². The monoisotopic (exact) mass is 232 g/mol. The Morgan fingerprint density at radius 1 is 1.47 bits per heavy atom. The zero-order valence-electron chi connectivity index (χ0n) is 10.7. The molecule has 0 radical (unpaired) electrons. The second kappa shape index (κ2) is 3.47. The summed E-state index contributed by atoms with van der Waals surface area (Å²) in [5.41, 5.74) is 2.27. The van der Waals surface area contributed by atoms with Crippen molar-refractivity contribution >= 4 is 5.97 Å². The first-order valence-electron chi connectivity index (χ1n) is 6.64. The summed E-state index contributed by atoms with van der Waals surface area (Å²) in [6.45, 7) is 8.50. The molecule has 3 rings (SSSR count). The lowest BCUT2D eigenvalue weighted by Crippen LogP contribution is -2.47. The molecule has 2 heteroatoms. The summed E-state index contributed by atoms with van der Waals surface area (Å²) in [6.07, 6.45) is 6.94. The summed E-state index contributed by atoms with van der Waals surface area (Å²) >= 11 is 0. The molecule has 0 bridgehead atoms. The quantitative estimate of drug-likeness (QED) is 0.364. The second-order valence-electron chi connectivity index (χ2n) is 5.99. The predicted molar refractivity (Wildman–Crippen MR) is 66.3 cm³/mol. The summed E-state index contributed by atoms with van der Waals surface area (Å²) in [4.78, 5) is 11.7. The Bertz CT molecular complexity index is 421. The number of hydrogen-bond acceptors (Lipinski definition) is 2. The van der Waals surface area contributed by atoms with E-state index in [-0.39, 0.29) is 23.4 Å². The molecule has 0 aromatic rings. The number of ether oxygens (including phenoxy) is 1. The van der Waals surface area contributed by atoms with Crippen molar-refractivity contribution in [2.24, 2.45) is 17.3 Å². The number of carbonyl (C=O) groups is 1. The van der Waals surface area contributed by atoms with Gasteiger partial charge in [-0.3, -0.25) is 0 Å². The standard InChI is InChI=1S/C15H20O2/c1-9-5-4-6-11-7-8-12-10(2)14(16)17-13(12)15(9,11)3/h6,9,12-13H,2,4-5,7-8H2,1,3H3/t9-,12+,13-,15+/m0/s1. The van der Waals surface area contributed by atoms with Crippen LogP contribution in [0.3, 0.4) is 0 Å². The van der Waals surface area contributed by atoms with E-state index in [1.807, 2.05) is 0 Å². The average molecular weight is 232 g/mol. The molecule has 0 amide bonds. The first-order valence-corrected chi connectivity index (χ1v) is 6.64. The lowest BCUT2D eigenvalue weighted by molar-refractivity contribution is -0.146. The summed E-state index contributed by atoms with van der Waals surface area (Å²) in [6, 6.07) is 0. The lowest BCUT2D eigenvalue weighted by atomic mass is 9.56. The van der Waals surface area contributed by atoms with E-state index in [9.17, 15) is 4.79 Å². The molecule has 4 atom stereocenters. The Labute approximate surface area is 103 Å². The van der Waals surface area contributed by atoms with Crippen molar-refractivity contribution in [3.8, 4) is 0 Å². The first kappa shape index (κ1) is 11.1. The molecule has 1 aliphatic heterocycles. The van der Waals surface area contributed by atoms with Gasteiger partial charge in [0.15, 0.2) is 0 Å². The third kappa shape index (κ3) is 1.30. The zero-order valence-corrected chi connectivity index (χ0v) is 10.7. The second-order valence-corrected chi connectivity index (χ2v) is 5.99. The van der Waals surface area contributed by atoms with Crippen LogP contribution in [0.2, 0.25) is 0 Å². The van der Waals surface area contributed by atoms with Gasteiger partial charge in [0, 0.05) is 16.9 Å². The smallest absolute Gasteiger partial charge is 0.334 e. The van der Waals surface area contributed by atoms with Gasteiger partial charge in [0.1, 0.15) is 6.10 Å². The van der Waals surface area contributed by atoms with Crippen LogP contribution in [-0.2, 0) is 9.53 Å². The highest BCUT2D eigenvalue weighted by molar-refractivity contribution is 5.91. The van der Waals surface area contributed by atoms with E-state index in [1.54, 1.807) is 0 Å². The van der Waals surface area contributed by atoms with E-state index < -0.39 is 0 Å². The molecule has 92 valence electrons. The van der Waals surface area contributed by atoms with Crippen molar-refractivity contribution in [1.29, 1.82) is 0 Å². The minimum absolute atomic E-state index is 0.0396. The van der Waals surface area contributed by atoms with Crippen LogP contribution in [0.4, 0.5) is 0 Å². The molecular formula is C15H20O2. The molecule has 2 nitrogen and oxygen atoms in total. The van der Waals surface area contributed by atoms with Gasteiger partial charge in [-0.15, -0.1) is 0 Å². The van der Waals surface area contributed by atoms with Gasteiger partial charge < -0.3 is 4.74 Å². The van der Waals surface area contributed by atoms with Crippen LogP contribution in [0.15, 0.2) is 23.8 Å². The summed E-state index contributed by atoms with van der Waals surface area (Å²) in [5.74, 6) is 0.680. The van der Waals surface area contributed by atoms with Crippen LogP contribution in [0.25, 0.3) is 0 Å². The van der Waals surface area contributed by atoms with Crippen molar-refractivity contribution in [2.45, 2.75) is 45.6 Å². The zero-order chi connectivity index (χ0) is 12.2. The summed E-state index contributed by atoms with van der Waals surface area (Å²) in [7, 11) is 0. The van der Waals surface area contributed by atoms with Crippen molar-refractivity contribution in [2.75, 3.05) is 0 Å². The van der Waals surface area contributed by atoms with Crippen LogP contribution >= 0.6 is 0 Å². The molecule has 1 heterocycles. The van der Waals surface area contributed by atoms with Gasteiger partial charge in [-0.25, -0.2) is 4.79 Å². The largest absolute Gasteiger partial charge is 0.457 e. The Balaban J connectivity index is 2.05. The van der Waals surface area contributed by atoms with Crippen LogP contribution < -0.4 is 0 Å². The number of rotatable bonds is 0. The van der Waals surface area contributed by atoms with Gasteiger partial charge in [-0.05, 0) is 31.6 Å². The predicted octanol–water partition coefficient (Wildman–Crippen LogP) is 3.24. The molecule has 2 aliphatic carbocycles. The van der Waals surface area contributed by atoms with Gasteiger partial charge in [-0.2, -0.15) is 0 Å². The number of allylic oxidation sites excluding steroid dienone is 1. The Morgan fingerprint density at radius 2 is 2.24 bits per heavy atom. The minimum Gasteiger partial charge on any atom is -0.457 e. The van der Waals surface area contributed by atoms with Crippen LogP contribution in [0.5, 0.6) is 0 Å². The molecule has 2 fully saturated rings. The fourth-order valence-corrected chi connectivity index (χ4v) is 3.96. The van der Waals surface area contributed by atoms with Crippen molar-refractivity contribution in [3.05, 3.63) is 23.8 Å². The molecule has 1 saturated carbocycles. The van der Waals surface area contributed by atoms with Gasteiger partial charge in [-0.1, -0.05) is 32.1 Å². The third-order valence-corrected chi connectivity index (χ3v) is 5.33. The molecule has 0 spiro atoms. The molecule has 0 aromatic carbocycles. The fraction of sp³-hybridized carbons (Fsp3) is 0.667. The number of esters is 1. The molecule has 0 aromatic heterocycles. The maximum atomic E-state index is 11.7. The van der Waals surface area contributed by atoms with E-state index in [2.05, 4.69) is 26.5 Å². The van der Waals surface area contributed by atoms with Crippen molar-refractivity contribution in [1.82, 2.24) is 0 Å². The molecular weight excluding hydrogens is 212 g/mol. The molecule has 17 heavy (non-hydrogen) atoms. The lowest BCUT2D eigenvalue weighted by Gasteiger charge is -2.49. The topological polar surface area (TPSA) is 26.3 Å². The highest BCUT2D eigenvalue weighted by atomic mass is 16.6. The molecule has 3 aliphatic rings. The van der Waals surface area contributed by atoms with E-state index in [0.29, 0.717) is 11.5 Å². The Hall–Kier alpha value is -1.05. The SMILES string of the molecule is C=C1C(=O)O[C@H]2[C@@H]1CCC1=CCC[C@H](C)[C@]12C. The molecule has 0 N–H and O–H groups in total. The van der Waals surface area contributed by atoms with Crippen LogP contribution in [0, 0.1) is 17.3 Å². The van der Waals surface area contributed by atoms with E-state index in [0.717, 1.165) is 12.8 Å². The minimum atomic E-state index is -0.166. The molecule has 1 saturated heterocycles. The van der Waals surface area contributed by atoms with Crippen molar-refractivity contribution in [3.63, 3.8) is 0 Å². The van der Waals surface area contributed by atoms with Crippen LogP contribution in [0.1, 0.15) is 39.5 Å². The number of fused-ring (bicyclic) bond motifs is 3. The first-order chi connectivity index (χ1) is 8.05. The third-order valence-electron chi connectivity index (χ3n) is 5.33. The maximum Gasteiger partial charge on any atom is 0.334 e. The fourth-order valence-electron chi connectivity index (χ4n) is 3.96. The van der Waals surface area contributed by atoms with Gasteiger partial charge in [0.2, 0.25) is 0 Å². The summed E-state index contributed by atoms with van der Waals surface area (Å²) < 4.78 is 5.64. The normalized spacial score (nSPS) is 44.8. The van der Waals surface area contributed by atoms with E-state index in [4.69, 9.17) is 4.74 Å². The Morgan fingerprint density at radius 3 is 3.00 bits per heavy atom. The highest BCUT2D eigenvalue weighted by Crippen LogP contribution is 2.56. The number of carbonyl (C=O) groups excluding carboxylic acids is 1. The maximum absolute atomic E-state index is 11.7. The van der Waals surface area contributed by atoms with E-state index >= 15 is 0 Å². The van der Waals surface area contributed by atoms with E-state index in [1.165, 1.54) is 18.4 Å². The average Bonchev–Trinajstić information content (AvgIpc) is 2.59. The highest BCUT2D eigenvalue weighted by Gasteiger charge is 2.55. The van der Waals surface area contributed by atoms with Gasteiger partial charge >= 0.3 is 5.97 Å². The van der Waals surface area contributed by atoms with Crippen LogP contribution in [-0.4, -0.2) is 12.1 Å². The molecule has 0 unspecified atom stereocenters.